The fourth-order valence-electron chi connectivity index (χ4n) is 2.16. The maximum atomic E-state index is 12.1. The van der Waals surface area contributed by atoms with Crippen molar-refractivity contribution in [1.29, 1.82) is 0 Å². The summed E-state index contributed by atoms with van der Waals surface area (Å²) in [7, 11) is 0. The molecular weight excluding hydrogens is 375 g/mol. The average molecular weight is 388 g/mol. The Hall–Kier alpha value is -1.69. The number of amides is 1. The molecule has 0 atom stereocenters. The van der Waals surface area contributed by atoms with Crippen LogP contribution in [0.15, 0.2) is 36.5 Å². The molecular formula is C16H13Cl3N2O3. The van der Waals surface area contributed by atoms with Gasteiger partial charge in [-0.1, -0.05) is 34.8 Å². The second-order valence-electron chi connectivity index (χ2n) is 5.19. The van der Waals surface area contributed by atoms with Gasteiger partial charge in [-0.05, 0) is 30.3 Å². The molecule has 24 heavy (non-hydrogen) atoms. The third-order valence-electron chi connectivity index (χ3n) is 3.45. The van der Waals surface area contributed by atoms with Gasteiger partial charge in [-0.3, -0.25) is 4.79 Å². The second-order valence-corrected chi connectivity index (χ2v) is 6.44. The van der Waals surface area contributed by atoms with E-state index in [0.717, 1.165) is 0 Å². The predicted molar refractivity (Wildman–Crippen MR) is 92.2 cm³/mol. The predicted octanol–water partition coefficient (Wildman–Crippen LogP) is 3.71. The van der Waals surface area contributed by atoms with Gasteiger partial charge >= 0.3 is 0 Å². The van der Waals surface area contributed by atoms with Crippen LogP contribution in [0.1, 0.15) is 0 Å². The van der Waals surface area contributed by atoms with Crippen LogP contribution in [0.5, 0.6) is 11.6 Å². The summed E-state index contributed by atoms with van der Waals surface area (Å²) >= 11 is 17.8. The van der Waals surface area contributed by atoms with Crippen molar-refractivity contribution < 1.29 is 14.3 Å². The van der Waals surface area contributed by atoms with Crippen molar-refractivity contribution in [2.24, 2.45) is 0 Å². The van der Waals surface area contributed by atoms with E-state index in [1.54, 1.807) is 41.4 Å². The largest absolute Gasteiger partial charge is 0.482 e. The van der Waals surface area contributed by atoms with E-state index in [1.807, 2.05) is 0 Å². The molecule has 1 aliphatic rings. The lowest BCUT2D eigenvalue weighted by molar-refractivity contribution is -0.142. The zero-order valence-corrected chi connectivity index (χ0v) is 14.7. The lowest BCUT2D eigenvalue weighted by atomic mass is 10.1. The lowest BCUT2D eigenvalue weighted by Crippen LogP contribution is -2.57. The van der Waals surface area contributed by atoms with Crippen LogP contribution < -0.4 is 9.47 Å². The molecule has 126 valence electrons. The number of benzene rings is 1. The van der Waals surface area contributed by atoms with Crippen LogP contribution in [0.25, 0.3) is 0 Å². The Balaban J connectivity index is 1.46. The molecule has 1 aliphatic heterocycles. The van der Waals surface area contributed by atoms with Crippen molar-refractivity contribution in [3.05, 3.63) is 51.6 Å². The number of aromatic nitrogens is 1. The van der Waals surface area contributed by atoms with Gasteiger partial charge in [0.05, 0.1) is 18.1 Å². The molecule has 2 aromatic rings. The first-order chi connectivity index (χ1) is 11.5. The highest BCUT2D eigenvalue weighted by Crippen LogP contribution is 2.28. The highest BCUT2D eigenvalue weighted by Gasteiger charge is 2.33. The van der Waals surface area contributed by atoms with Gasteiger partial charge < -0.3 is 14.4 Å². The number of nitrogens with zero attached hydrogens (tertiary/aromatic N) is 2. The molecule has 0 aliphatic carbocycles. The zero-order chi connectivity index (χ0) is 17.1. The Bertz CT molecular complexity index is 751. The second kappa shape index (κ2) is 7.47. The standard InChI is InChI=1S/C16H13Cl3N2O3/c17-10-3-4-14(13(19)6-10)23-9-15(22)21-7-11(8-21)24-16-12(18)2-1-5-20-16/h1-6,11H,7-9H2. The molecule has 1 aromatic heterocycles. The summed E-state index contributed by atoms with van der Waals surface area (Å²) in [5.41, 5.74) is 0. The van der Waals surface area contributed by atoms with Gasteiger partial charge in [-0.2, -0.15) is 0 Å². The Morgan fingerprint density at radius 1 is 1.21 bits per heavy atom. The molecule has 0 bridgehead atoms. The lowest BCUT2D eigenvalue weighted by Gasteiger charge is -2.38. The number of halogens is 3. The SMILES string of the molecule is O=C(COc1ccc(Cl)cc1Cl)N1CC(Oc2ncccc2Cl)C1. The summed E-state index contributed by atoms with van der Waals surface area (Å²) in [6.45, 7) is 0.825. The normalized spacial score (nSPS) is 14.2. The number of hydrogen-bond donors (Lipinski definition) is 0. The molecule has 0 saturated carbocycles. The van der Waals surface area contributed by atoms with Crippen molar-refractivity contribution in [2.75, 3.05) is 19.7 Å². The maximum Gasteiger partial charge on any atom is 0.260 e. The van der Waals surface area contributed by atoms with Crippen LogP contribution in [-0.4, -0.2) is 41.6 Å². The number of rotatable bonds is 5. The molecule has 1 amide bonds. The van der Waals surface area contributed by atoms with E-state index in [4.69, 9.17) is 44.3 Å². The van der Waals surface area contributed by atoms with Crippen LogP contribution >= 0.6 is 34.8 Å². The number of carbonyl (C=O) groups excluding carboxylic acids is 1. The fraction of sp³-hybridized carbons (Fsp3) is 0.250. The minimum atomic E-state index is -0.145. The molecule has 1 aromatic carbocycles. The Morgan fingerprint density at radius 3 is 2.71 bits per heavy atom. The number of carbonyl (C=O) groups is 1. The van der Waals surface area contributed by atoms with Crippen LogP contribution in [0, 0.1) is 0 Å². The molecule has 0 unspecified atom stereocenters. The van der Waals surface area contributed by atoms with Crippen LogP contribution in [0.2, 0.25) is 15.1 Å². The first-order valence-corrected chi connectivity index (χ1v) is 8.29. The summed E-state index contributed by atoms with van der Waals surface area (Å²) in [4.78, 5) is 17.8. The highest BCUT2D eigenvalue weighted by molar-refractivity contribution is 6.35. The Labute approximate surface area is 154 Å². The summed E-state index contributed by atoms with van der Waals surface area (Å²) in [6.07, 6.45) is 1.48. The van der Waals surface area contributed by atoms with E-state index >= 15 is 0 Å². The van der Waals surface area contributed by atoms with E-state index in [2.05, 4.69) is 4.98 Å². The molecule has 3 rings (SSSR count). The summed E-state index contributed by atoms with van der Waals surface area (Å²) < 4.78 is 11.1. The maximum absolute atomic E-state index is 12.1. The summed E-state index contributed by atoms with van der Waals surface area (Å²) in [6, 6.07) is 8.27. The monoisotopic (exact) mass is 386 g/mol. The molecule has 5 nitrogen and oxygen atoms in total. The smallest absolute Gasteiger partial charge is 0.260 e. The van der Waals surface area contributed by atoms with Crippen LogP contribution in [0.4, 0.5) is 0 Å². The van der Waals surface area contributed by atoms with E-state index in [-0.39, 0.29) is 18.6 Å². The minimum Gasteiger partial charge on any atom is -0.482 e. The van der Waals surface area contributed by atoms with Gasteiger partial charge in [0.2, 0.25) is 5.88 Å². The van der Waals surface area contributed by atoms with Gasteiger partial charge in [0.15, 0.2) is 6.61 Å². The third-order valence-corrected chi connectivity index (χ3v) is 4.27. The van der Waals surface area contributed by atoms with E-state index in [0.29, 0.717) is 39.8 Å². The van der Waals surface area contributed by atoms with E-state index < -0.39 is 0 Å². The third kappa shape index (κ3) is 4.04. The fourth-order valence-corrected chi connectivity index (χ4v) is 2.78. The molecule has 0 spiro atoms. The van der Waals surface area contributed by atoms with Gasteiger partial charge in [-0.15, -0.1) is 0 Å². The number of likely N-dealkylation sites (tertiary alicyclic amines) is 1. The average Bonchev–Trinajstić information content (AvgIpc) is 2.51. The van der Waals surface area contributed by atoms with E-state index in [9.17, 15) is 4.79 Å². The quantitative estimate of drug-likeness (QED) is 0.785. The molecule has 0 N–H and O–H groups in total. The van der Waals surface area contributed by atoms with Gasteiger partial charge in [0.25, 0.3) is 5.91 Å². The Kier molecular flexibility index (Phi) is 5.33. The van der Waals surface area contributed by atoms with E-state index in [1.165, 1.54) is 0 Å². The number of ether oxygens (including phenoxy) is 2. The van der Waals surface area contributed by atoms with Gasteiger partial charge in [0, 0.05) is 11.2 Å². The van der Waals surface area contributed by atoms with Crippen molar-refractivity contribution in [3.8, 4) is 11.6 Å². The number of pyridine rings is 1. The van der Waals surface area contributed by atoms with Crippen molar-refractivity contribution in [1.82, 2.24) is 9.88 Å². The van der Waals surface area contributed by atoms with Gasteiger partial charge in [-0.25, -0.2) is 4.98 Å². The minimum absolute atomic E-state index is 0.0988. The van der Waals surface area contributed by atoms with Crippen LogP contribution in [0.3, 0.4) is 0 Å². The van der Waals surface area contributed by atoms with Crippen molar-refractivity contribution in [3.63, 3.8) is 0 Å². The van der Waals surface area contributed by atoms with Crippen LogP contribution in [-0.2, 0) is 4.79 Å². The zero-order valence-electron chi connectivity index (χ0n) is 12.4. The molecule has 1 saturated heterocycles. The summed E-state index contributed by atoms with van der Waals surface area (Å²) in [5.74, 6) is 0.649. The first-order valence-electron chi connectivity index (χ1n) is 7.15. The summed E-state index contributed by atoms with van der Waals surface area (Å²) in [5, 5.41) is 1.32. The molecule has 0 radical (unpaired) electrons. The topological polar surface area (TPSA) is 51.7 Å². The molecule has 8 heteroatoms. The van der Waals surface area contributed by atoms with Crippen molar-refractivity contribution in [2.45, 2.75) is 6.10 Å². The van der Waals surface area contributed by atoms with Gasteiger partial charge in [0.1, 0.15) is 16.9 Å². The van der Waals surface area contributed by atoms with Crippen molar-refractivity contribution >= 4 is 40.7 Å². The highest BCUT2D eigenvalue weighted by atomic mass is 35.5. The Morgan fingerprint density at radius 2 is 2.00 bits per heavy atom. The molecule has 2 heterocycles. The first kappa shape index (κ1) is 17.1. The number of hydrogen-bond acceptors (Lipinski definition) is 4. The molecule has 1 fully saturated rings.